The molecule has 0 saturated heterocycles. The molecule has 0 atom stereocenters. The Hall–Kier alpha value is -5.16. The number of rotatable bonds is 6. The number of hydrogen-bond acceptors (Lipinski definition) is 5. The van der Waals surface area contributed by atoms with Crippen molar-refractivity contribution in [1.29, 1.82) is 0 Å². The molecule has 0 amide bonds. The number of fused-ring (bicyclic) bond motifs is 3. The molecule has 0 radical (unpaired) electrons. The SMILES string of the molecule is Oc1ccccc1-c1cccc(C2(c3cccc(-c4cnncn4)c3)c3cc(C4CCCCC4)ccc3-c3ccc(C4CCCCC4)cc32)n1. The maximum Gasteiger partial charge on any atom is 0.138 e. The molecule has 4 aromatic carbocycles. The van der Waals surface area contributed by atoms with Crippen molar-refractivity contribution in [1.82, 2.24) is 20.2 Å². The van der Waals surface area contributed by atoms with Gasteiger partial charge in [0, 0.05) is 11.1 Å². The Balaban J connectivity index is 1.35. The fraction of sp³-hybridized carbons (Fsp3) is 0.289. The summed E-state index contributed by atoms with van der Waals surface area (Å²) >= 11 is 0. The molecular weight excluding hydrogens is 613 g/mol. The zero-order chi connectivity index (χ0) is 33.5. The molecule has 0 bridgehead atoms. The first-order valence-electron chi connectivity index (χ1n) is 18.5. The standard InChI is InChI=1S/C45H42N4O/c50-43-19-8-7-17-38(43)41-18-10-20-44(49-41)45(35-16-9-15-34(25-35)42-28-47-48-29-46-42)39-26-32(30-11-3-1-4-12-30)21-23-36(39)37-24-22-33(27-40(37)45)31-13-5-2-6-14-31/h7-10,15-31,50H,1-6,11-14H2. The molecule has 2 fully saturated rings. The highest BCUT2D eigenvalue weighted by molar-refractivity contribution is 5.87. The van der Waals surface area contributed by atoms with E-state index in [4.69, 9.17) is 4.98 Å². The van der Waals surface area contributed by atoms with E-state index in [2.05, 4.69) is 88.0 Å². The van der Waals surface area contributed by atoms with E-state index < -0.39 is 5.41 Å². The zero-order valence-corrected chi connectivity index (χ0v) is 28.4. The van der Waals surface area contributed by atoms with Gasteiger partial charge in [-0.1, -0.05) is 111 Å². The third-order valence-corrected chi connectivity index (χ3v) is 11.7. The summed E-state index contributed by atoms with van der Waals surface area (Å²) < 4.78 is 0. The Morgan fingerprint density at radius 2 is 1.22 bits per heavy atom. The lowest BCUT2D eigenvalue weighted by Gasteiger charge is -2.35. The van der Waals surface area contributed by atoms with Crippen LogP contribution in [-0.2, 0) is 5.41 Å². The van der Waals surface area contributed by atoms with Crippen LogP contribution in [0.1, 0.15) is 110 Å². The molecule has 2 aromatic heterocycles. The number of aromatic nitrogens is 4. The average Bonchev–Trinajstić information content (AvgIpc) is 3.49. The minimum atomic E-state index is -0.698. The summed E-state index contributed by atoms with van der Waals surface area (Å²) in [5.41, 5.74) is 12.7. The molecule has 9 rings (SSSR count). The van der Waals surface area contributed by atoms with Crippen molar-refractivity contribution in [2.45, 2.75) is 81.5 Å². The lowest BCUT2D eigenvalue weighted by molar-refractivity contribution is 0.443. The Bertz CT molecular complexity index is 2100. The smallest absolute Gasteiger partial charge is 0.138 e. The van der Waals surface area contributed by atoms with Crippen LogP contribution in [0.5, 0.6) is 5.75 Å². The number of aromatic hydroxyl groups is 1. The van der Waals surface area contributed by atoms with E-state index >= 15 is 0 Å². The first-order valence-corrected chi connectivity index (χ1v) is 18.5. The monoisotopic (exact) mass is 654 g/mol. The Labute approximate surface area is 294 Å². The second-order valence-corrected chi connectivity index (χ2v) is 14.5. The second kappa shape index (κ2) is 12.9. The van der Waals surface area contributed by atoms with Crippen LogP contribution in [0.4, 0.5) is 0 Å². The molecule has 5 nitrogen and oxygen atoms in total. The van der Waals surface area contributed by atoms with Gasteiger partial charge in [-0.2, -0.15) is 5.10 Å². The summed E-state index contributed by atoms with van der Waals surface area (Å²) in [6.07, 6.45) is 16.0. The van der Waals surface area contributed by atoms with E-state index in [1.807, 2.05) is 24.3 Å². The predicted molar refractivity (Wildman–Crippen MR) is 199 cm³/mol. The number of phenolic OH excluding ortho intramolecular Hbond substituents is 1. The highest BCUT2D eigenvalue weighted by Gasteiger charge is 2.48. The third-order valence-electron chi connectivity index (χ3n) is 11.7. The van der Waals surface area contributed by atoms with Crippen LogP contribution < -0.4 is 0 Å². The van der Waals surface area contributed by atoms with Crippen molar-refractivity contribution >= 4 is 0 Å². The fourth-order valence-corrected chi connectivity index (χ4v) is 9.26. The van der Waals surface area contributed by atoms with Crippen LogP contribution in [-0.4, -0.2) is 25.3 Å². The minimum Gasteiger partial charge on any atom is -0.507 e. The maximum atomic E-state index is 11.0. The van der Waals surface area contributed by atoms with Gasteiger partial charge >= 0.3 is 0 Å². The van der Waals surface area contributed by atoms with Gasteiger partial charge in [-0.3, -0.25) is 4.98 Å². The summed E-state index contributed by atoms with van der Waals surface area (Å²) in [6, 6.07) is 37.3. The molecule has 0 spiro atoms. The van der Waals surface area contributed by atoms with Crippen molar-refractivity contribution in [3.05, 3.63) is 149 Å². The van der Waals surface area contributed by atoms with Gasteiger partial charge < -0.3 is 5.11 Å². The lowest BCUT2D eigenvalue weighted by Crippen LogP contribution is -2.30. The van der Waals surface area contributed by atoms with Crippen molar-refractivity contribution in [3.8, 4) is 39.4 Å². The third kappa shape index (κ3) is 5.22. The molecule has 3 aliphatic carbocycles. The molecule has 0 unspecified atom stereocenters. The van der Waals surface area contributed by atoms with E-state index in [0.717, 1.165) is 33.8 Å². The van der Waals surface area contributed by atoms with Crippen molar-refractivity contribution in [2.75, 3.05) is 0 Å². The van der Waals surface area contributed by atoms with Gasteiger partial charge in [0.15, 0.2) is 0 Å². The molecular formula is C45H42N4O. The van der Waals surface area contributed by atoms with Crippen LogP contribution >= 0.6 is 0 Å². The molecule has 2 saturated carbocycles. The van der Waals surface area contributed by atoms with Crippen LogP contribution in [0.15, 0.2) is 116 Å². The van der Waals surface area contributed by atoms with Crippen LogP contribution in [0, 0.1) is 0 Å². The normalized spacial score (nSPS) is 17.3. The van der Waals surface area contributed by atoms with Crippen LogP contribution in [0.25, 0.3) is 33.6 Å². The predicted octanol–water partition coefficient (Wildman–Crippen LogP) is 10.8. The Morgan fingerprint density at radius 1 is 0.560 bits per heavy atom. The molecule has 0 aliphatic heterocycles. The molecule has 2 heterocycles. The first kappa shape index (κ1) is 30.9. The largest absolute Gasteiger partial charge is 0.507 e. The lowest BCUT2D eigenvalue weighted by atomic mass is 9.68. The van der Waals surface area contributed by atoms with E-state index in [0.29, 0.717) is 11.8 Å². The Morgan fingerprint density at radius 3 is 1.86 bits per heavy atom. The molecule has 50 heavy (non-hydrogen) atoms. The number of hydrogen-bond donors (Lipinski definition) is 1. The first-order chi connectivity index (χ1) is 24.7. The highest BCUT2D eigenvalue weighted by atomic mass is 16.3. The molecule has 1 N–H and O–H groups in total. The van der Waals surface area contributed by atoms with Crippen LogP contribution in [0.3, 0.4) is 0 Å². The van der Waals surface area contributed by atoms with Crippen molar-refractivity contribution in [3.63, 3.8) is 0 Å². The fourth-order valence-electron chi connectivity index (χ4n) is 9.26. The van der Waals surface area contributed by atoms with Gasteiger partial charge in [-0.15, -0.1) is 5.10 Å². The van der Waals surface area contributed by atoms with Gasteiger partial charge in [0.05, 0.1) is 28.7 Å². The van der Waals surface area contributed by atoms with E-state index in [1.165, 1.54) is 104 Å². The number of phenols is 1. The van der Waals surface area contributed by atoms with Crippen LogP contribution in [0.2, 0.25) is 0 Å². The van der Waals surface area contributed by atoms with E-state index in [9.17, 15) is 5.11 Å². The quantitative estimate of drug-likeness (QED) is 0.193. The molecule has 6 aromatic rings. The number of para-hydroxylation sites is 1. The maximum absolute atomic E-state index is 11.0. The molecule has 3 aliphatic rings. The minimum absolute atomic E-state index is 0.232. The number of nitrogens with zero attached hydrogens (tertiary/aromatic N) is 4. The summed E-state index contributed by atoms with van der Waals surface area (Å²) in [5.74, 6) is 1.36. The summed E-state index contributed by atoms with van der Waals surface area (Å²) in [5, 5.41) is 19.1. The molecule has 5 heteroatoms. The van der Waals surface area contributed by atoms with Gasteiger partial charge in [-0.25, -0.2) is 4.98 Å². The number of benzene rings is 4. The van der Waals surface area contributed by atoms with E-state index in [-0.39, 0.29) is 5.75 Å². The van der Waals surface area contributed by atoms with Gasteiger partial charge in [0.2, 0.25) is 0 Å². The van der Waals surface area contributed by atoms with Gasteiger partial charge in [-0.05, 0) is 107 Å². The number of pyridine rings is 1. The Kier molecular flexibility index (Phi) is 7.99. The average molecular weight is 655 g/mol. The highest BCUT2D eigenvalue weighted by Crippen LogP contribution is 2.58. The van der Waals surface area contributed by atoms with E-state index in [1.54, 1.807) is 12.3 Å². The van der Waals surface area contributed by atoms with Gasteiger partial charge in [0.25, 0.3) is 0 Å². The summed E-state index contributed by atoms with van der Waals surface area (Å²) in [4.78, 5) is 10.1. The summed E-state index contributed by atoms with van der Waals surface area (Å²) in [7, 11) is 0. The topological polar surface area (TPSA) is 71.8 Å². The van der Waals surface area contributed by atoms with Crippen molar-refractivity contribution in [2.24, 2.45) is 0 Å². The second-order valence-electron chi connectivity index (χ2n) is 14.5. The van der Waals surface area contributed by atoms with Crippen molar-refractivity contribution < 1.29 is 5.11 Å². The molecule has 248 valence electrons. The zero-order valence-electron chi connectivity index (χ0n) is 28.4. The summed E-state index contributed by atoms with van der Waals surface area (Å²) in [6.45, 7) is 0. The van der Waals surface area contributed by atoms with Gasteiger partial charge in [0.1, 0.15) is 12.1 Å².